The first-order chi connectivity index (χ1) is 3.75. The van der Waals surface area contributed by atoms with Gasteiger partial charge >= 0.3 is 0 Å². The van der Waals surface area contributed by atoms with Crippen LogP contribution in [0.15, 0.2) is 0 Å². The van der Waals surface area contributed by atoms with Gasteiger partial charge in [-0.2, -0.15) is 0 Å². The Kier molecular flexibility index (Phi) is 1.40. The number of carbonyl (C=O) groups is 1. The Morgan fingerprint density at radius 2 is 2.50 bits per heavy atom. The number of ether oxygens (including phenoxy) is 1. The van der Waals surface area contributed by atoms with E-state index < -0.39 is 6.10 Å². The Bertz CT molecular complexity index is 117. The summed E-state index contributed by atoms with van der Waals surface area (Å²) in [5, 5.41) is 2.41. The molecule has 0 aliphatic carbocycles. The van der Waals surface area contributed by atoms with Crippen LogP contribution in [0.4, 0.5) is 0 Å². The monoisotopic (exact) mass is 135 g/mol. The second-order valence-corrected chi connectivity index (χ2v) is 2.04. The third-order valence-electron chi connectivity index (χ3n) is 1.06. The molecule has 0 radical (unpaired) electrons. The van der Waals surface area contributed by atoms with E-state index in [1.54, 1.807) is 0 Å². The first-order valence-electron chi connectivity index (χ1n) is 2.23. The summed E-state index contributed by atoms with van der Waals surface area (Å²) in [6, 6.07) is 0. The van der Waals surface area contributed by atoms with Crippen LogP contribution in [0.3, 0.4) is 0 Å². The third kappa shape index (κ3) is 0.677. The van der Waals surface area contributed by atoms with E-state index in [2.05, 4.69) is 10.1 Å². The molecule has 1 fully saturated rings. The fourth-order valence-corrected chi connectivity index (χ4v) is 0.882. The van der Waals surface area contributed by atoms with Crippen molar-refractivity contribution < 1.29 is 9.53 Å². The summed E-state index contributed by atoms with van der Waals surface area (Å²) in [7, 11) is 1.46. The minimum absolute atomic E-state index is 0.132. The first kappa shape index (κ1) is 5.85. The van der Waals surface area contributed by atoms with E-state index in [9.17, 15) is 4.79 Å². The van der Waals surface area contributed by atoms with Gasteiger partial charge < -0.3 is 10.1 Å². The number of hydrogen-bond donors (Lipinski definition) is 1. The predicted octanol–water partition coefficient (Wildman–Crippen LogP) is -0.304. The zero-order valence-corrected chi connectivity index (χ0v) is 5.11. The van der Waals surface area contributed by atoms with Crippen LogP contribution in [-0.2, 0) is 9.53 Å². The normalized spacial score (nSPS) is 36.0. The molecule has 1 N–H and O–H groups in total. The van der Waals surface area contributed by atoms with Crippen LogP contribution >= 0.6 is 11.6 Å². The highest BCUT2D eigenvalue weighted by molar-refractivity contribution is 6.26. The van der Waals surface area contributed by atoms with E-state index in [0.717, 1.165) is 0 Å². The van der Waals surface area contributed by atoms with E-state index in [4.69, 9.17) is 11.6 Å². The Morgan fingerprint density at radius 1 is 1.88 bits per heavy atom. The van der Waals surface area contributed by atoms with Gasteiger partial charge in [0.2, 0.25) is 0 Å². The molecule has 1 heterocycles. The molecule has 3 nitrogen and oxygen atoms in total. The van der Waals surface area contributed by atoms with Crippen molar-refractivity contribution in [2.75, 3.05) is 7.11 Å². The Hall–Kier alpha value is -0.280. The largest absolute Gasteiger partial charge is 0.368 e. The van der Waals surface area contributed by atoms with E-state index in [1.807, 2.05) is 0 Å². The highest BCUT2D eigenvalue weighted by Gasteiger charge is 2.37. The van der Waals surface area contributed by atoms with Gasteiger partial charge in [0.25, 0.3) is 5.91 Å². The van der Waals surface area contributed by atoms with Crippen LogP contribution in [0.1, 0.15) is 0 Å². The highest BCUT2D eigenvalue weighted by Crippen LogP contribution is 2.12. The molecular weight excluding hydrogens is 130 g/mol. The molecule has 0 saturated carbocycles. The van der Waals surface area contributed by atoms with Crippen LogP contribution in [-0.4, -0.2) is 24.6 Å². The molecule has 4 heteroatoms. The number of halogens is 1. The molecule has 8 heavy (non-hydrogen) atoms. The van der Waals surface area contributed by atoms with Crippen LogP contribution in [0.2, 0.25) is 0 Å². The van der Waals surface area contributed by atoms with Gasteiger partial charge in [-0.3, -0.25) is 4.79 Å². The Morgan fingerprint density at radius 3 is 2.62 bits per heavy atom. The van der Waals surface area contributed by atoms with Gasteiger partial charge in [0, 0.05) is 7.11 Å². The zero-order valence-electron chi connectivity index (χ0n) is 4.35. The molecule has 2 unspecified atom stereocenters. The van der Waals surface area contributed by atoms with Gasteiger partial charge in [-0.05, 0) is 0 Å². The number of alkyl halides is 1. The number of nitrogens with one attached hydrogen (secondary N) is 1. The summed E-state index contributed by atoms with van der Waals surface area (Å²) >= 11 is 5.45. The maximum absolute atomic E-state index is 10.4. The molecule has 0 aromatic rings. The fourth-order valence-electron chi connectivity index (χ4n) is 0.557. The summed E-state index contributed by atoms with van der Waals surface area (Å²) in [6.45, 7) is 0. The number of methoxy groups -OCH3 is 1. The van der Waals surface area contributed by atoms with E-state index in [1.165, 1.54) is 7.11 Å². The summed E-state index contributed by atoms with van der Waals surface area (Å²) in [6.07, 6.45) is -0.434. The van der Waals surface area contributed by atoms with E-state index >= 15 is 0 Å². The lowest BCUT2D eigenvalue weighted by molar-refractivity contribution is -0.141. The van der Waals surface area contributed by atoms with Crippen LogP contribution in [0.5, 0.6) is 0 Å². The number of β-lactam (4-membered cyclic amide) rings is 1. The van der Waals surface area contributed by atoms with Crippen molar-refractivity contribution in [3.05, 3.63) is 0 Å². The minimum atomic E-state index is -0.434. The molecule has 0 bridgehead atoms. The van der Waals surface area contributed by atoms with Crippen LogP contribution < -0.4 is 5.32 Å². The van der Waals surface area contributed by atoms with Crippen molar-refractivity contribution in [3.8, 4) is 0 Å². The van der Waals surface area contributed by atoms with Crippen molar-refractivity contribution in [2.24, 2.45) is 0 Å². The summed E-state index contributed by atoms with van der Waals surface area (Å²) < 4.78 is 4.67. The van der Waals surface area contributed by atoms with Gasteiger partial charge in [0.15, 0.2) is 6.10 Å². The van der Waals surface area contributed by atoms with Crippen LogP contribution in [0.25, 0.3) is 0 Å². The van der Waals surface area contributed by atoms with Gasteiger partial charge in [0.05, 0.1) is 0 Å². The zero-order chi connectivity index (χ0) is 6.15. The van der Waals surface area contributed by atoms with Crippen molar-refractivity contribution in [2.45, 2.75) is 11.6 Å². The van der Waals surface area contributed by atoms with Crippen molar-refractivity contribution in [1.29, 1.82) is 0 Å². The lowest BCUT2D eigenvalue weighted by atomic mass is 10.2. The molecule has 1 aliphatic rings. The van der Waals surface area contributed by atoms with Crippen LogP contribution in [0, 0.1) is 0 Å². The average molecular weight is 136 g/mol. The molecule has 1 saturated heterocycles. The number of amides is 1. The fraction of sp³-hybridized carbons (Fsp3) is 0.750. The molecule has 1 rings (SSSR count). The Labute approximate surface area is 52.0 Å². The maximum atomic E-state index is 10.4. The topological polar surface area (TPSA) is 38.3 Å². The standard InChI is InChI=1S/C4H6ClNO2/c1-8-2-3(5)6-4(2)7/h2-3H,1H3,(H,6,7). The second kappa shape index (κ2) is 1.91. The molecule has 46 valence electrons. The SMILES string of the molecule is COC1C(=O)NC1Cl. The Balaban J connectivity index is 2.40. The lowest BCUT2D eigenvalue weighted by Gasteiger charge is -2.30. The van der Waals surface area contributed by atoms with Gasteiger partial charge in [-0.25, -0.2) is 0 Å². The summed E-state index contributed by atoms with van der Waals surface area (Å²) in [5.41, 5.74) is -0.326. The van der Waals surface area contributed by atoms with E-state index in [-0.39, 0.29) is 11.4 Å². The molecule has 0 aromatic heterocycles. The summed E-state index contributed by atoms with van der Waals surface area (Å²) in [4.78, 5) is 10.4. The quantitative estimate of drug-likeness (QED) is 0.305. The lowest BCUT2D eigenvalue weighted by Crippen LogP contribution is -2.60. The number of hydrogen-bond acceptors (Lipinski definition) is 2. The molecular formula is C4H6ClNO2. The van der Waals surface area contributed by atoms with Gasteiger partial charge in [0.1, 0.15) is 5.50 Å². The molecule has 0 spiro atoms. The maximum Gasteiger partial charge on any atom is 0.253 e. The highest BCUT2D eigenvalue weighted by atomic mass is 35.5. The predicted molar refractivity (Wildman–Crippen MR) is 28.6 cm³/mol. The van der Waals surface area contributed by atoms with Crippen molar-refractivity contribution >= 4 is 17.5 Å². The first-order valence-corrected chi connectivity index (χ1v) is 2.66. The summed E-state index contributed by atoms with van der Waals surface area (Å²) in [5.74, 6) is -0.132. The van der Waals surface area contributed by atoms with Crippen molar-refractivity contribution in [3.63, 3.8) is 0 Å². The number of carbonyl (C=O) groups excluding carboxylic acids is 1. The van der Waals surface area contributed by atoms with E-state index in [0.29, 0.717) is 0 Å². The smallest absolute Gasteiger partial charge is 0.253 e. The van der Waals surface area contributed by atoms with Gasteiger partial charge in [-0.1, -0.05) is 11.6 Å². The average Bonchev–Trinajstić information content (AvgIpc) is 1.67. The molecule has 1 amide bonds. The molecule has 2 atom stereocenters. The minimum Gasteiger partial charge on any atom is -0.368 e. The number of rotatable bonds is 1. The molecule has 1 aliphatic heterocycles. The van der Waals surface area contributed by atoms with Crippen molar-refractivity contribution in [1.82, 2.24) is 5.32 Å². The second-order valence-electron chi connectivity index (χ2n) is 1.57. The molecule has 0 aromatic carbocycles. The third-order valence-corrected chi connectivity index (χ3v) is 1.40. The van der Waals surface area contributed by atoms with Gasteiger partial charge in [-0.15, -0.1) is 0 Å².